The fraction of sp³-hybridized carbons (Fsp3) is 0.250. The number of hydrogen-bond acceptors (Lipinski definition) is 11. The summed E-state index contributed by atoms with van der Waals surface area (Å²) in [5.41, 5.74) is 7.52. The Morgan fingerprint density at radius 1 is 1.38 bits per heavy atom. The number of nitrogen functional groups attached to an aromatic ring is 1. The van der Waals surface area contributed by atoms with Crippen LogP contribution in [0, 0.1) is 0 Å². The Kier molecular flexibility index (Phi) is 5.07. The number of methoxy groups -OCH3 is 1. The molecule has 0 radical (unpaired) electrons. The highest BCUT2D eigenvalue weighted by atomic mass is 32.1. The molecule has 1 atom stereocenters. The molecule has 4 aromatic rings. The zero-order valence-corrected chi connectivity index (χ0v) is 17.8. The molecule has 1 aliphatic heterocycles. The predicted octanol–water partition coefficient (Wildman–Crippen LogP) is 2.16. The van der Waals surface area contributed by atoms with Crippen molar-refractivity contribution in [2.45, 2.75) is 12.5 Å². The minimum atomic E-state index is -0.457. The molecule has 12 heteroatoms. The van der Waals surface area contributed by atoms with E-state index < -0.39 is 12.0 Å². The van der Waals surface area contributed by atoms with Crippen LogP contribution in [0.1, 0.15) is 16.9 Å². The summed E-state index contributed by atoms with van der Waals surface area (Å²) in [6.45, 7) is 1.03. The van der Waals surface area contributed by atoms with Gasteiger partial charge in [0.15, 0.2) is 22.3 Å². The van der Waals surface area contributed by atoms with Crippen LogP contribution >= 0.6 is 11.3 Å². The lowest BCUT2D eigenvalue weighted by Crippen LogP contribution is -2.24. The number of carbonyl (C=O) groups is 1. The van der Waals surface area contributed by atoms with Crippen LogP contribution < -0.4 is 20.7 Å². The van der Waals surface area contributed by atoms with Crippen molar-refractivity contribution in [1.82, 2.24) is 19.9 Å². The van der Waals surface area contributed by atoms with Gasteiger partial charge in [-0.25, -0.2) is 19.9 Å². The highest BCUT2D eigenvalue weighted by molar-refractivity contribution is 7.22. The molecule has 11 nitrogen and oxygen atoms in total. The zero-order valence-electron chi connectivity index (χ0n) is 17.0. The molecule has 4 N–H and O–H groups in total. The van der Waals surface area contributed by atoms with E-state index in [1.165, 1.54) is 24.7 Å². The Hall–Kier alpha value is -3.77. The van der Waals surface area contributed by atoms with E-state index in [-0.39, 0.29) is 11.6 Å². The average molecular weight is 453 g/mol. The Labute approximate surface area is 185 Å². The van der Waals surface area contributed by atoms with Gasteiger partial charge in [-0.15, -0.1) is 0 Å². The third-order valence-corrected chi connectivity index (χ3v) is 5.84. The zero-order chi connectivity index (χ0) is 22.2. The Morgan fingerprint density at radius 2 is 2.25 bits per heavy atom. The molecule has 0 aliphatic carbocycles. The van der Waals surface area contributed by atoms with Crippen LogP contribution in [0.4, 0.5) is 16.6 Å². The summed E-state index contributed by atoms with van der Waals surface area (Å²) in [5.74, 6) is 0.790. The number of hydrogen-bond donors (Lipinski definition) is 3. The van der Waals surface area contributed by atoms with Crippen molar-refractivity contribution >= 4 is 44.2 Å². The third-order valence-electron chi connectivity index (χ3n) is 5.02. The molecular weight excluding hydrogens is 434 g/mol. The van der Waals surface area contributed by atoms with Gasteiger partial charge in [0, 0.05) is 25.4 Å². The number of oxazole rings is 1. The number of aliphatic hydroxyl groups excluding tert-OH is 1. The summed E-state index contributed by atoms with van der Waals surface area (Å²) in [5, 5.41) is 13.2. The van der Waals surface area contributed by atoms with Crippen molar-refractivity contribution in [3.8, 4) is 17.3 Å². The van der Waals surface area contributed by atoms with Crippen molar-refractivity contribution in [3.63, 3.8) is 0 Å². The number of fused-ring (bicyclic) bond motifs is 1. The summed E-state index contributed by atoms with van der Waals surface area (Å²) in [6.07, 6.45) is 3.00. The van der Waals surface area contributed by atoms with Crippen LogP contribution in [-0.4, -0.2) is 57.3 Å². The molecule has 0 aromatic carbocycles. The number of ether oxygens (including phenoxy) is 1. The number of amides is 1. The summed E-state index contributed by atoms with van der Waals surface area (Å²) >= 11 is 1.28. The van der Waals surface area contributed by atoms with Crippen LogP contribution in [0.3, 0.4) is 0 Å². The summed E-state index contributed by atoms with van der Waals surface area (Å²) in [7, 11) is 1.53. The van der Waals surface area contributed by atoms with E-state index in [0.717, 1.165) is 4.70 Å². The van der Waals surface area contributed by atoms with Crippen LogP contribution in [0.5, 0.6) is 5.88 Å². The molecule has 0 saturated carbocycles. The number of carbonyl (C=O) groups excluding carboxylic acids is 1. The molecule has 1 amide bonds. The maximum atomic E-state index is 12.9. The molecule has 1 unspecified atom stereocenters. The maximum Gasteiger partial charge on any atom is 0.277 e. The first-order chi connectivity index (χ1) is 15.5. The number of aliphatic hydroxyl groups is 1. The number of thiazole rings is 1. The molecule has 5 rings (SSSR count). The SMILES string of the molecule is COc1ccc(-c2nc(C(=O)Nc3cc4sc(N)nc4nc3N3CCC(O)C3)co2)cn1. The van der Waals surface area contributed by atoms with Crippen LogP contribution in [0.2, 0.25) is 0 Å². The molecule has 1 aliphatic rings. The minimum absolute atomic E-state index is 0.104. The Bertz CT molecular complexity index is 1290. The highest BCUT2D eigenvalue weighted by Crippen LogP contribution is 2.34. The number of anilines is 3. The first kappa shape index (κ1) is 20.2. The van der Waals surface area contributed by atoms with Gasteiger partial charge in [-0.2, -0.15) is 0 Å². The number of pyridine rings is 2. The second-order valence-electron chi connectivity index (χ2n) is 7.20. The van der Waals surface area contributed by atoms with Gasteiger partial charge in [0.1, 0.15) is 6.26 Å². The second kappa shape index (κ2) is 8.05. The van der Waals surface area contributed by atoms with E-state index >= 15 is 0 Å². The highest BCUT2D eigenvalue weighted by Gasteiger charge is 2.26. The van der Waals surface area contributed by atoms with E-state index in [9.17, 15) is 9.90 Å². The third kappa shape index (κ3) is 3.81. The monoisotopic (exact) mass is 453 g/mol. The fourth-order valence-corrected chi connectivity index (χ4v) is 4.18. The maximum absolute atomic E-state index is 12.9. The normalized spacial score (nSPS) is 15.9. The van der Waals surface area contributed by atoms with Gasteiger partial charge in [0.2, 0.25) is 11.8 Å². The van der Waals surface area contributed by atoms with Crippen molar-refractivity contribution in [1.29, 1.82) is 0 Å². The molecule has 32 heavy (non-hydrogen) atoms. The van der Waals surface area contributed by atoms with Crippen molar-refractivity contribution in [2.24, 2.45) is 0 Å². The molecule has 0 bridgehead atoms. The fourth-order valence-electron chi connectivity index (χ4n) is 3.46. The second-order valence-corrected chi connectivity index (χ2v) is 8.27. The van der Waals surface area contributed by atoms with Crippen molar-refractivity contribution in [2.75, 3.05) is 36.1 Å². The molecule has 0 spiro atoms. The Morgan fingerprint density at radius 3 is 2.97 bits per heavy atom. The summed E-state index contributed by atoms with van der Waals surface area (Å²) in [4.78, 5) is 32.0. The number of β-amino-alcohol motifs (C(OH)–C–C–N with tert-alkyl or cyclic N) is 1. The minimum Gasteiger partial charge on any atom is -0.481 e. The molecule has 1 fully saturated rings. The van der Waals surface area contributed by atoms with E-state index in [1.54, 1.807) is 24.4 Å². The van der Waals surface area contributed by atoms with E-state index in [2.05, 4.69) is 25.3 Å². The van der Waals surface area contributed by atoms with Gasteiger partial charge in [-0.05, 0) is 18.6 Å². The number of rotatable bonds is 5. The lowest BCUT2D eigenvalue weighted by molar-refractivity contribution is 0.102. The summed E-state index contributed by atoms with van der Waals surface area (Å²) < 4.78 is 11.3. The van der Waals surface area contributed by atoms with E-state index in [4.69, 9.17) is 14.9 Å². The largest absolute Gasteiger partial charge is 0.481 e. The Balaban J connectivity index is 1.43. The van der Waals surface area contributed by atoms with Gasteiger partial charge in [-0.3, -0.25) is 4.79 Å². The summed E-state index contributed by atoms with van der Waals surface area (Å²) in [6, 6.07) is 5.20. The van der Waals surface area contributed by atoms with Gasteiger partial charge in [0.05, 0.1) is 29.2 Å². The van der Waals surface area contributed by atoms with Crippen LogP contribution in [0.15, 0.2) is 35.1 Å². The van der Waals surface area contributed by atoms with Crippen molar-refractivity contribution < 1.29 is 19.1 Å². The number of nitrogens with one attached hydrogen (secondary N) is 1. The van der Waals surface area contributed by atoms with Gasteiger partial charge in [-0.1, -0.05) is 11.3 Å². The number of nitrogens with two attached hydrogens (primary N) is 1. The topological polar surface area (TPSA) is 153 Å². The van der Waals surface area contributed by atoms with Crippen LogP contribution in [0.25, 0.3) is 21.8 Å². The number of aromatic nitrogens is 4. The lowest BCUT2D eigenvalue weighted by atomic mass is 10.3. The predicted molar refractivity (Wildman–Crippen MR) is 119 cm³/mol. The standard InChI is InChI=1S/C20H19N7O4S/c1-30-15-3-2-10(7-22-15)19-24-13(9-31-19)18(29)23-12-6-14-16(26-20(21)32-14)25-17(12)27-5-4-11(28)8-27/h2-3,6-7,9,11,28H,4-5,8H2,1H3,(H,23,29)(H2,21,25,26). The molecule has 1 saturated heterocycles. The van der Waals surface area contributed by atoms with Gasteiger partial charge >= 0.3 is 0 Å². The first-order valence-electron chi connectivity index (χ1n) is 9.77. The molecular formula is C20H19N7O4S. The molecule has 4 aromatic heterocycles. The van der Waals surface area contributed by atoms with Gasteiger partial charge in [0.25, 0.3) is 5.91 Å². The van der Waals surface area contributed by atoms with E-state index in [0.29, 0.717) is 53.2 Å². The van der Waals surface area contributed by atoms with Crippen LogP contribution in [-0.2, 0) is 0 Å². The van der Waals surface area contributed by atoms with Crippen molar-refractivity contribution in [3.05, 3.63) is 36.4 Å². The quantitative estimate of drug-likeness (QED) is 0.410. The van der Waals surface area contributed by atoms with E-state index in [1.807, 2.05) is 4.90 Å². The first-order valence-corrected chi connectivity index (χ1v) is 10.6. The van der Waals surface area contributed by atoms with Gasteiger partial charge < -0.3 is 30.2 Å². The lowest BCUT2D eigenvalue weighted by Gasteiger charge is -2.20. The molecule has 5 heterocycles. The number of nitrogens with zero attached hydrogens (tertiary/aromatic N) is 5. The average Bonchev–Trinajstić information content (AvgIpc) is 3.52. The molecule has 164 valence electrons. The smallest absolute Gasteiger partial charge is 0.277 e.